The standard InChI is InChI=1S/C11H19N3OS/c1-3-5-9-8-10(15)14-11(13-9)16-7-4-6-12-2/h8,12H,3-7H2,1-2H3,(H,13,14,15). The third-order valence-corrected chi connectivity index (χ3v) is 3.05. The molecule has 1 rings (SSSR count). The van der Waals surface area contributed by atoms with Gasteiger partial charge in [-0.3, -0.25) is 4.79 Å². The summed E-state index contributed by atoms with van der Waals surface area (Å²) in [5.74, 6) is 0.972. The highest BCUT2D eigenvalue weighted by atomic mass is 32.2. The number of nitrogens with zero attached hydrogens (tertiary/aromatic N) is 1. The van der Waals surface area contributed by atoms with Crippen molar-refractivity contribution < 1.29 is 0 Å². The quantitative estimate of drug-likeness (QED) is 0.431. The highest BCUT2D eigenvalue weighted by Gasteiger charge is 2.01. The molecule has 4 nitrogen and oxygen atoms in total. The lowest BCUT2D eigenvalue weighted by Crippen LogP contribution is -2.11. The van der Waals surface area contributed by atoms with E-state index in [2.05, 4.69) is 22.2 Å². The molecule has 0 spiro atoms. The topological polar surface area (TPSA) is 57.8 Å². The fraction of sp³-hybridized carbons (Fsp3) is 0.636. The predicted octanol–water partition coefficient (Wildman–Crippen LogP) is 1.42. The van der Waals surface area contributed by atoms with E-state index in [4.69, 9.17) is 0 Å². The fourth-order valence-electron chi connectivity index (χ4n) is 1.35. The van der Waals surface area contributed by atoms with Crippen LogP contribution in [0.5, 0.6) is 0 Å². The minimum atomic E-state index is -0.0467. The van der Waals surface area contributed by atoms with Crippen LogP contribution in [0, 0.1) is 0 Å². The number of aromatic amines is 1. The lowest BCUT2D eigenvalue weighted by molar-refractivity contribution is 0.774. The van der Waals surface area contributed by atoms with Crippen molar-refractivity contribution in [1.82, 2.24) is 15.3 Å². The maximum absolute atomic E-state index is 11.4. The number of aryl methyl sites for hydroxylation is 1. The van der Waals surface area contributed by atoms with Crippen molar-refractivity contribution >= 4 is 11.8 Å². The van der Waals surface area contributed by atoms with Gasteiger partial charge in [0, 0.05) is 17.5 Å². The zero-order chi connectivity index (χ0) is 11.8. The van der Waals surface area contributed by atoms with Crippen LogP contribution in [0.3, 0.4) is 0 Å². The van der Waals surface area contributed by atoms with Crippen molar-refractivity contribution in [2.75, 3.05) is 19.3 Å². The summed E-state index contributed by atoms with van der Waals surface area (Å²) in [6, 6.07) is 1.58. The monoisotopic (exact) mass is 241 g/mol. The van der Waals surface area contributed by atoms with Gasteiger partial charge in [-0.25, -0.2) is 4.98 Å². The molecule has 90 valence electrons. The van der Waals surface area contributed by atoms with Gasteiger partial charge in [-0.1, -0.05) is 25.1 Å². The molecule has 0 aliphatic rings. The molecule has 5 heteroatoms. The molecule has 0 fully saturated rings. The van der Waals surface area contributed by atoms with Gasteiger partial charge in [-0.15, -0.1) is 0 Å². The first-order valence-electron chi connectivity index (χ1n) is 5.64. The predicted molar refractivity (Wildman–Crippen MR) is 68.1 cm³/mol. The molecule has 0 bridgehead atoms. The molecule has 0 radical (unpaired) electrons. The first kappa shape index (κ1) is 13.3. The summed E-state index contributed by atoms with van der Waals surface area (Å²) in [5.41, 5.74) is 0.844. The summed E-state index contributed by atoms with van der Waals surface area (Å²) in [5, 5.41) is 3.83. The third kappa shape index (κ3) is 4.81. The Kier molecular flexibility index (Phi) is 6.18. The molecule has 1 aromatic rings. The van der Waals surface area contributed by atoms with E-state index in [1.54, 1.807) is 17.8 Å². The Morgan fingerprint density at radius 2 is 2.38 bits per heavy atom. The number of rotatable bonds is 7. The molecule has 0 saturated carbocycles. The van der Waals surface area contributed by atoms with Crippen LogP contribution in [0.4, 0.5) is 0 Å². The molecule has 1 aromatic heterocycles. The van der Waals surface area contributed by atoms with Gasteiger partial charge >= 0.3 is 0 Å². The van der Waals surface area contributed by atoms with E-state index in [0.29, 0.717) is 0 Å². The Balaban J connectivity index is 2.54. The highest BCUT2D eigenvalue weighted by molar-refractivity contribution is 7.99. The molecule has 16 heavy (non-hydrogen) atoms. The van der Waals surface area contributed by atoms with E-state index in [1.165, 1.54) is 0 Å². The van der Waals surface area contributed by atoms with Crippen molar-refractivity contribution in [2.45, 2.75) is 31.3 Å². The van der Waals surface area contributed by atoms with Gasteiger partial charge in [0.2, 0.25) is 0 Å². The summed E-state index contributed by atoms with van der Waals surface area (Å²) < 4.78 is 0. The Labute approximate surface area is 100 Å². The van der Waals surface area contributed by atoms with Crippen molar-refractivity contribution in [2.24, 2.45) is 0 Å². The lowest BCUT2D eigenvalue weighted by Gasteiger charge is -2.03. The number of H-pyrrole nitrogens is 1. The number of hydrogen-bond donors (Lipinski definition) is 2. The van der Waals surface area contributed by atoms with Crippen molar-refractivity contribution in [1.29, 1.82) is 0 Å². The highest BCUT2D eigenvalue weighted by Crippen LogP contribution is 2.12. The molecule has 2 N–H and O–H groups in total. The van der Waals surface area contributed by atoms with E-state index < -0.39 is 0 Å². The molecular formula is C11H19N3OS. The van der Waals surface area contributed by atoms with Crippen LogP contribution in [0.15, 0.2) is 16.0 Å². The van der Waals surface area contributed by atoms with Crippen molar-refractivity contribution in [3.05, 3.63) is 22.1 Å². The minimum absolute atomic E-state index is 0.0467. The Morgan fingerprint density at radius 3 is 3.06 bits per heavy atom. The number of hydrogen-bond acceptors (Lipinski definition) is 4. The Morgan fingerprint density at radius 1 is 1.56 bits per heavy atom. The SMILES string of the molecule is CCCc1cc(=O)[nH]c(SCCCNC)n1. The van der Waals surface area contributed by atoms with Crippen LogP contribution in [-0.2, 0) is 6.42 Å². The Bertz CT molecular complexity index is 364. The van der Waals surface area contributed by atoms with Gasteiger partial charge in [0.1, 0.15) is 0 Å². The van der Waals surface area contributed by atoms with Crippen LogP contribution in [0.1, 0.15) is 25.5 Å². The van der Waals surface area contributed by atoms with Crippen molar-refractivity contribution in [3.63, 3.8) is 0 Å². The van der Waals surface area contributed by atoms with Gasteiger partial charge in [0.05, 0.1) is 0 Å². The van der Waals surface area contributed by atoms with Gasteiger partial charge in [0.15, 0.2) is 5.16 Å². The molecular weight excluding hydrogens is 222 g/mol. The summed E-state index contributed by atoms with van der Waals surface area (Å²) in [7, 11) is 1.94. The van der Waals surface area contributed by atoms with Crippen LogP contribution in [0.25, 0.3) is 0 Å². The normalized spacial score (nSPS) is 10.6. The molecule has 0 atom stereocenters. The molecule has 0 unspecified atom stereocenters. The zero-order valence-electron chi connectivity index (χ0n) is 9.88. The van der Waals surface area contributed by atoms with Crippen molar-refractivity contribution in [3.8, 4) is 0 Å². The van der Waals surface area contributed by atoms with Gasteiger partial charge in [0.25, 0.3) is 5.56 Å². The molecule has 1 heterocycles. The van der Waals surface area contributed by atoms with E-state index in [1.807, 2.05) is 7.05 Å². The largest absolute Gasteiger partial charge is 0.320 e. The second kappa shape index (κ2) is 7.46. The van der Waals surface area contributed by atoms with Crippen LogP contribution in [-0.4, -0.2) is 29.3 Å². The summed E-state index contributed by atoms with van der Waals surface area (Å²) in [6.07, 6.45) is 2.96. The van der Waals surface area contributed by atoms with Crippen LogP contribution >= 0.6 is 11.8 Å². The number of nitrogens with one attached hydrogen (secondary N) is 2. The molecule has 0 amide bonds. The number of thioether (sulfide) groups is 1. The first-order valence-corrected chi connectivity index (χ1v) is 6.62. The van der Waals surface area contributed by atoms with E-state index >= 15 is 0 Å². The summed E-state index contributed by atoms with van der Waals surface area (Å²) in [6.45, 7) is 3.08. The van der Waals surface area contributed by atoms with Gasteiger partial charge in [-0.05, 0) is 26.4 Å². The summed E-state index contributed by atoms with van der Waals surface area (Å²) in [4.78, 5) is 18.5. The van der Waals surface area contributed by atoms with Crippen LogP contribution in [0.2, 0.25) is 0 Å². The molecule has 0 aromatic carbocycles. The first-order chi connectivity index (χ1) is 7.76. The Hall–Kier alpha value is -0.810. The minimum Gasteiger partial charge on any atom is -0.320 e. The maximum Gasteiger partial charge on any atom is 0.251 e. The van der Waals surface area contributed by atoms with Crippen LogP contribution < -0.4 is 10.9 Å². The average molecular weight is 241 g/mol. The van der Waals surface area contributed by atoms with E-state index in [9.17, 15) is 4.79 Å². The van der Waals surface area contributed by atoms with Gasteiger partial charge < -0.3 is 10.3 Å². The molecule has 0 saturated heterocycles. The second-order valence-corrected chi connectivity index (χ2v) is 4.68. The van der Waals surface area contributed by atoms with Gasteiger partial charge in [-0.2, -0.15) is 0 Å². The third-order valence-electron chi connectivity index (χ3n) is 2.09. The second-order valence-electron chi connectivity index (χ2n) is 3.60. The average Bonchev–Trinajstić information content (AvgIpc) is 2.24. The lowest BCUT2D eigenvalue weighted by atomic mass is 10.2. The molecule has 0 aliphatic carbocycles. The molecule has 0 aliphatic heterocycles. The smallest absolute Gasteiger partial charge is 0.251 e. The van der Waals surface area contributed by atoms with E-state index in [-0.39, 0.29) is 5.56 Å². The number of aromatic nitrogens is 2. The summed E-state index contributed by atoms with van der Waals surface area (Å²) >= 11 is 1.61. The maximum atomic E-state index is 11.4. The fourth-order valence-corrected chi connectivity index (χ4v) is 2.19. The van der Waals surface area contributed by atoms with E-state index in [0.717, 1.165) is 42.4 Å². The zero-order valence-corrected chi connectivity index (χ0v) is 10.7.